The van der Waals surface area contributed by atoms with Crippen LogP contribution in [0.4, 0.5) is 4.79 Å². The van der Waals surface area contributed by atoms with Gasteiger partial charge in [-0.2, -0.15) is 0 Å². The first-order valence-corrected chi connectivity index (χ1v) is 12.3. The maximum atomic E-state index is 13.9. The Bertz CT molecular complexity index is 1190. The van der Waals surface area contributed by atoms with E-state index < -0.39 is 5.54 Å². The van der Waals surface area contributed by atoms with E-state index in [1.165, 1.54) is 4.90 Å². The SMILES string of the molecule is COCCCN1C(=O)N(Cc2ccc3ccccc3c2)C(=O)C12CCN(Cc1cccnc1)CC2. The highest BCUT2D eigenvalue weighted by atomic mass is 16.5. The summed E-state index contributed by atoms with van der Waals surface area (Å²) in [5.74, 6) is -0.0610. The number of urea groups is 1. The van der Waals surface area contributed by atoms with Gasteiger partial charge in [-0.1, -0.05) is 42.5 Å². The largest absolute Gasteiger partial charge is 0.385 e. The van der Waals surface area contributed by atoms with Crippen molar-refractivity contribution in [2.45, 2.75) is 37.9 Å². The minimum atomic E-state index is -0.771. The predicted octanol–water partition coefficient (Wildman–Crippen LogP) is 4.07. The summed E-state index contributed by atoms with van der Waals surface area (Å²) in [5, 5.41) is 2.26. The minimum Gasteiger partial charge on any atom is -0.385 e. The molecule has 182 valence electrons. The molecular formula is C28H32N4O3. The smallest absolute Gasteiger partial charge is 0.327 e. The fourth-order valence-electron chi connectivity index (χ4n) is 5.43. The number of methoxy groups -OCH3 is 1. The van der Waals surface area contributed by atoms with Crippen molar-refractivity contribution in [2.24, 2.45) is 0 Å². The van der Waals surface area contributed by atoms with Crippen molar-refractivity contribution in [2.75, 3.05) is 33.4 Å². The van der Waals surface area contributed by atoms with Gasteiger partial charge in [0.1, 0.15) is 5.54 Å². The highest BCUT2D eigenvalue weighted by Crippen LogP contribution is 2.38. The van der Waals surface area contributed by atoms with Gasteiger partial charge in [0.15, 0.2) is 0 Å². The molecule has 2 saturated heterocycles. The molecule has 0 unspecified atom stereocenters. The fourth-order valence-corrected chi connectivity index (χ4v) is 5.43. The van der Waals surface area contributed by atoms with Crippen LogP contribution in [0.15, 0.2) is 67.0 Å². The summed E-state index contributed by atoms with van der Waals surface area (Å²) in [7, 11) is 1.66. The van der Waals surface area contributed by atoms with Crippen molar-refractivity contribution in [3.63, 3.8) is 0 Å². The van der Waals surface area contributed by atoms with E-state index in [4.69, 9.17) is 4.74 Å². The zero-order valence-corrected chi connectivity index (χ0v) is 20.2. The Kier molecular flexibility index (Phi) is 6.79. The number of amides is 3. The van der Waals surface area contributed by atoms with Crippen LogP contribution in [0.1, 0.15) is 30.4 Å². The van der Waals surface area contributed by atoms with Crippen LogP contribution in [0.25, 0.3) is 10.8 Å². The number of aromatic nitrogens is 1. The number of piperidine rings is 1. The average molecular weight is 473 g/mol. The summed E-state index contributed by atoms with van der Waals surface area (Å²) in [4.78, 5) is 37.3. The normalized spacial score (nSPS) is 18.2. The highest BCUT2D eigenvalue weighted by molar-refractivity contribution is 6.07. The molecule has 0 radical (unpaired) electrons. The third-order valence-corrected chi connectivity index (χ3v) is 7.32. The highest BCUT2D eigenvalue weighted by Gasteiger charge is 2.57. The van der Waals surface area contributed by atoms with Crippen LogP contribution in [-0.4, -0.2) is 70.5 Å². The molecule has 3 amide bonds. The first-order chi connectivity index (χ1) is 17.1. The van der Waals surface area contributed by atoms with Crippen molar-refractivity contribution in [1.29, 1.82) is 0 Å². The summed E-state index contributed by atoms with van der Waals surface area (Å²) < 4.78 is 5.24. The second-order valence-corrected chi connectivity index (χ2v) is 9.52. The Morgan fingerprint density at radius 3 is 2.49 bits per heavy atom. The topological polar surface area (TPSA) is 66.0 Å². The van der Waals surface area contributed by atoms with Crippen molar-refractivity contribution < 1.29 is 14.3 Å². The number of fused-ring (bicyclic) bond motifs is 1. The van der Waals surface area contributed by atoms with E-state index in [9.17, 15) is 9.59 Å². The molecule has 0 saturated carbocycles. The maximum absolute atomic E-state index is 13.9. The Labute approximate surface area is 206 Å². The van der Waals surface area contributed by atoms with Crippen molar-refractivity contribution in [3.8, 4) is 0 Å². The molecule has 1 aromatic heterocycles. The Balaban J connectivity index is 1.35. The lowest BCUT2D eigenvalue weighted by atomic mass is 9.85. The Morgan fingerprint density at radius 2 is 1.74 bits per heavy atom. The standard InChI is InChI=1S/C28H32N4O3/c1-35-17-5-14-32-27(34)31(21-22-9-10-24-7-2-3-8-25(24)18-22)26(33)28(32)11-15-30(16-12-28)20-23-6-4-13-29-19-23/h2-4,6-10,13,18-19H,5,11-12,14-17,20-21H2,1H3. The zero-order chi connectivity index (χ0) is 24.3. The van der Waals surface area contributed by atoms with Crippen LogP contribution in [0, 0.1) is 0 Å². The molecule has 7 heteroatoms. The van der Waals surface area contributed by atoms with Gasteiger partial charge in [-0.25, -0.2) is 4.79 Å². The van der Waals surface area contributed by atoms with Gasteiger partial charge in [0, 0.05) is 52.3 Å². The minimum absolute atomic E-state index is 0.0610. The summed E-state index contributed by atoms with van der Waals surface area (Å²) in [5.41, 5.74) is 1.35. The molecule has 7 nitrogen and oxygen atoms in total. The molecule has 0 atom stereocenters. The van der Waals surface area contributed by atoms with Crippen LogP contribution in [0.2, 0.25) is 0 Å². The average Bonchev–Trinajstić information content (AvgIpc) is 3.07. The van der Waals surface area contributed by atoms with E-state index >= 15 is 0 Å². The number of likely N-dealkylation sites (tertiary alicyclic amines) is 1. The molecule has 35 heavy (non-hydrogen) atoms. The van der Waals surface area contributed by atoms with Crippen LogP contribution >= 0.6 is 0 Å². The first kappa shape index (κ1) is 23.5. The molecule has 2 aromatic carbocycles. The first-order valence-electron chi connectivity index (χ1n) is 12.3. The van der Waals surface area contributed by atoms with Gasteiger partial charge in [0.2, 0.25) is 0 Å². The van der Waals surface area contributed by atoms with Gasteiger partial charge in [-0.05, 0) is 53.3 Å². The van der Waals surface area contributed by atoms with Crippen LogP contribution in [0.5, 0.6) is 0 Å². The number of ether oxygens (including phenoxy) is 1. The molecule has 3 aromatic rings. The molecule has 3 heterocycles. The Morgan fingerprint density at radius 1 is 0.943 bits per heavy atom. The monoisotopic (exact) mass is 472 g/mol. The lowest BCUT2D eigenvalue weighted by Gasteiger charge is -2.42. The molecule has 0 N–H and O–H groups in total. The quantitative estimate of drug-likeness (QED) is 0.365. The lowest BCUT2D eigenvalue weighted by Crippen LogP contribution is -2.56. The lowest BCUT2D eigenvalue weighted by molar-refractivity contribution is -0.136. The number of carbonyl (C=O) groups excluding carboxylic acids is 2. The van der Waals surface area contributed by atoms with Crippen LogP contribution in [-0.2, 0) is 22.6 Å². The second kappa shape index (κ2) is 10.1. The fraction of sp³-hybridized carbons (Fsp3) is 0.393. The van der Waals surface area contributed by atoms with E-state index in [2.05, 4.69) is 40.2 Å². The van der Waals surface area contributed by atoms with Crippen molar-refractivity contribution in [3.05, 3.63) is 78.1 Å². The second-order valence-electron chi connectivity index (χ2n) is 9.52. The van der Waals surface area contributed by atoms with Gasteiger partial charge in [-0.3, -0.25) is 19.6 Å². The predicted molar refractivity (Wildman–Crippen MR) is 135 cm³/mol. The molecular weight excluding hydrogens is 440 g/mol. The Hall–Kier alpha value is -3.29. The molecule has 0 bridgehead atoms. The van der Waals surface area contributed by atoms with Gasteiger partial charge >= 0.3 is 6.03 Å². The number of imide groups is 1. The summed E-state index contributed by atoms with van der Waals surface area (Å²) in [6.07, 6.45) is 5.65. The molecule has 5 rings (SSSR count). The molecule has 1 spiro atoms. The molecule has 2 fully saturated rings. The number of hydrogen-bond acceptors (Lipinski definition) is 5. The third-order valence-electron chi connectivity index (χ3n) is 7.32. The summed E-state index contributed by atoms with van der Waals surface area (Å²) in [6.45, 7) is 3.71. The number of carbonyl (C=O) groups is 2. The van der Waals surface area contributed by atoms with Crippen LogP contribution in [0.3, 0.4) is 0 Å². The number of benzene rings is 2. The van der Waals surface area contributed by atoms with Gasteiger partial charge in [-0.15, -0.1) is 0 Å². The molecule has 2 aliphatic rings. The number of pyridine rings is 1. The van der Waals surface area contributed by atoms with Gasteiger partial charge in [0.25, 0.3) is 5.91 Å². The summed E-state index contributed by atoms with van der Waals surface area (Å²) in [6, 6.07) is 18.1. The van der Waals surface area contributed by atoms with E-state index in [-0.39, 0.29) is 11.9 Å². The third kappa shape index (κ3) is 4.66. The van der Waals surface area contributed by atoms with Gasteiger partial charge < -0.3 is 9.64 Å². The number of rotatable bonds is 8. The van der Waals surface area contributed by atoms with Gasteiger partial charge in [0.05, 0.1) is 6.54 Å². The van der Waals surface area contributed by atoms with E-state index in [0.29, 0.717) is 39.0 Å². The molecule has 2 aliphatic heterocycles. The maximum Gasteiger partial charge on any atom is 0.327 e. The summed E-state index contributed by atoms with van der Waals surface area (Å²) >= 11 is 0. The van der Waals surface area contributed by atoms with E-state index in [1.807, 2.05) is 35.4 Å². The number of hydrogen-bond donors (Lipinski definition) is 0. The van der Waals surface area contributed by atoms with Crippen LogP contribution < -0.4 is 0 Å². The molecule has 0 aliphatic carbocycles. The van der Waals surface area contributed by atoms with E-state index in [1.54, 1.807) is 13.3 Å². The van der Waals surface area contributed by atoms with Crippen molar-refractivity contribution in [1.82, 2.24) is 19.7 Å². The van der Waals surface area contributed by atoms with E-state index in [0.717, 1.165) is 41.5 Å². The van der Waals surface area contributed by atoms with Crippen molar-refractivity contribution >= 4 is 22.7 Å². The zero-order valence-electron chi connectivity index (χ0n) is 20.2. The number of nitrogens with zero attached hydrogens (tertiary/aromatic N) is 4.